The summed E-state index contributed by atoms with van der Waals surface area (Å²) in [4.78, 5) is 21.9. The molecule has 4 heterocycles. The summed E-state index contributed by atoms with van der Waals surface area (Å²) in [6, 6.07) is 10.9. The van der Waals surface area contributed by atoms with E-state index in [4.69, 9.17) is 4.98 Å². The Kier molecular flexibility index (Phi) is 4.85. The molecule has 1 unspecified atom stereocenters. The summed E-state index contributed by atoms with van der Waals surface area (Å²) < 4.78 is 38.4. The van der Waals surface area contributed by atoms with Crippen molar-refractivity contribution >= 4 is 50.0 Å². The molecule has 1 aromatic carbocycles. The highest BCUT2D eigenvalue weighted by molar-refractivity contribution is 7.21. The van der Waals surface area contributed by atoms with Gasteiger partial charge >= 0.3 is 6.18 Å². The van der Waals surface area contributed by atoms with Gasteiger partial charge in [-0.2, -0.15) is 13.2 Å². The summed E-state index contributed by atoms with van der Waals surface area (Å²) in [7, 11) is 0. The van der Waals surface area contributed by atoms with Crippen molar-refractivity contribution in [1.82, 2.24) is 15.3 Å². The maximum Gasteiger partial charge on any atom is 0.409 e. The first-order chi connectivity index (χ1) is 15.3. The van der Waals surface area contributed by atoms with Crippen molar-refractivity contribution in [2.24, 2.45) is 0 Å². The molecule has 1 atom stereocenters. The standard InChI is InChI=1S/C23H17F3N4OS/c1-12-11-28-20-19-15-2-3-16(13-7-9-27-14(10-13)6-8-23(24,25)26)30-17(15)4-5-18(19)32-21(20)22(31)29-12/h2-10,12,28H,11H2,1H3,(H,29,31). The lowest BCUT2D eigenvalue weighted by Crippen LogP contribution is -2.34. The molecule has 0 fully saturated rings. The largest absolute Gasteiger partial charge is 0.409 e. The van der Waals surface area contributed by atoms with Gasteiger partial charge in [0.15, 0.2) is 0 Å². The number of hydrogen-bond donors (Lipinski definition) is 2. The summed E-state index contributed by atoms with van der Waals surface area (Å²) in [5, 5.41) is 8.23. The number of hydrogen-bond acceptors (Lipinski definition) is 5. The highest BCUT2D eigenvalue weighted by atomic mass is 32.1. The molecule has 1 aliphatic rings. The number of thiophene rings is 1. The maximum absolute atomic E-state index is 12.6. The quantitative estimate of drug-likeness (QED) is 0.412. The van der Waals surface area contributed by atoms with Gasteiger partial charge in [0.25, 0.3) is 5.91 Å². The van der Waals surface area contributed by atoms with Crippen LogP contribution in [0.1, 0.15) is 22.3 Å². The number of carbonyl (C=O) groups is 1. The second-order valence-electron chi connectivity index (χ2n) is 7.61. The molecule has 32 heavy (non-hydrogen) atoms. The number of carbonyl (C=O) groups excluding carboxylic acids is 1. The highest BCUT2D eigenvalue weighted by Crippen LogP contribution is 2.41. The molecule has 1 aliphatic heterocycles. The summed E-state index contributed by atoms with van der Waals surface area (Å²) in [5.74, 6) is -0.0901. The molecule has 4 aromatic rings. The van der Waals surface area contributed by atoms with Crippen LogP contribution in [0.25, 0.3) is 38.3 Å². The van der Waals surface area contributed by atoms with E-state index in [0.29, 0.717) is 22.7 Å². The van der Waals surface area contributed by atoms with Crippen molar-refractivity contribution in [1.29, 1.82) is 0 Å². The van der Waals surface area contributed by atoms with Gasteiger partial charge in [-0.05, 0) is 49.4 Å². The Labute approximate surface area is 185 Å². The Morgan fingerprint density at radius 1 is 1.19 bits per heavy atom. The lowest BCUT2D eigenvalue weighted by molar-refractivity contribution is -0.0790. The Hall–Kier alpha value is -3.46. The monoisotopic (exact) mass is 454 g/mol. The molecule has 0 spiro atoms. The molecule has 162 valence electrons. The fourth-order valence-electron chi connectivity index (χ4n) is 3.77. The van der Waals surface area contributed by atoms with Crippen LogP contribution in [0.5, 0.6) is 0 Å². The fourth-order valence-corrected chi connectivity index (χ4v) is 4.86. The second-order valence-corrected chi connectivity index (χ2v) is 8.66. The average molecular weight is 454 g/mol. The van der Waals surface area contributed by atoms with Gasteiger partial charge in [0.1, 0.15) is 4.88 Å². The van der Waals surface area contributed by atoms with E-state index in [0.717, 1.165) is 32.8 Å². The molecular weight excluding hydrogens is 437 g/mol. The van der Waals surface area contributed by atoms with Crippen molar-refractivity contribution in [3.8, 4) is 11.3 Å². The van der Waals surface area contributed by atoms with E-state index in [-0.39, 0.29) is 23.7 Å². The van der Waals surface area contributed by atoms with E-state index in [1.54, 1.807) is 12.1 Å². The number of amides is 1. The molecule has 0 aliphatic carbocycles. The van der Waals surface area contributed by atoms with E-state index in [1.165, 1.54) is 17.5 Å². The normalized spacial score (nSPS) is 16.8. The van der Waals surface area contributed by atoms with Gasteiger partial charge in [0.2, 0.25) is 0 Å². The van der Waals surface area contributed by atoms with Crippen molar-refractivity contribution in [3.05, 3.63) is 59.2 Å². The molecule has 5 nitrogen and oxygen atoms in total. The molecule has 0 saturated heterocycles. The van der Waals surface area contributed by atoms with Crippen LogP contribution in [-0.4, -0.2) is 34.6 Å². The van der Waals surface area contributed by atoms with Crippen LogP contribution in [0, 0.1) is 0 Å². The van der Waals surface area contributed by atoms with Crippen LogP contribution in [-0.2, 0) is 0 Å². The number of fused-ring (bicyclic) bond motifs is 5. The molecule has 3 aromatic heterocycles. The molecule has 9 heteroatoms. The van der Waals surface area contributed by atoms with Gasteiger partial charge in [-0.15, -0.1) is 11.3 Å². The highest BCUT2D eigenvalue weighted by Gasteiger charge is 2.25. The maximum atomic E-state index is 12.6. The fraction of sp³-hybridized carbons (Fsp3) is 0.174. The van der Waals surface area contributed by atoms with Crippen LogP contribution in [0.15, 0.2) is 48.7 Å². The van der Waals surface area contributed by atoms with Crippen LogP contribution in [0.2, 0.25) is 0 Å². The zero-order chi connectivity index (χ0) is 22.5. The van der Waals surface area contributed by atoms with Gasteiger partial charge in [0, 0.05) is 45.9 Å². The number of nitrogens with zero attached hydrogens (tertiary/aromatic N) is 2. The lowest BCUT2D eigenvalue weighted by atomic mass is 10.1. The average Bonchev–Trinajstić information content (AvgIpc) is 3.08. The molecule has 0 radical (unpaired) electrons. The Morgan fingerprint density at radius 2 is 2.03 bits per heavy atom. The number of halogens is 3. The third kappa shape index (κ3) is 3.80. The van der Waals surface area contributed by atoms with E-state index in [9.17, 15) is 18.0 Å². The predicted octanol–water partition coefficient (Wildman–Crippen LogP) is 5.63. The minimum absolute atomic E-state index is 0.0177. The van der Waals surface area contributed by atoms with Crippen molar-refractivity contribution in [3.63, 3.8) is 0 Å². The van der Waals surface area contributed by atoms with E-state index in [1.807, 2.05) is 31.2 Å². The molecule has 0 saturated carbocycles. The topological polar surface area (TPSA) is 66.9 Å². The van der Waals surface area contributed by atoms with Gasteiger partial charge in [0.05, 0.1) is 22.6 Å². The first kappa shape index (κ1) is 20.4. The van der Waals surface area contributed by atoms with E-state index < -0.39 is 6.18 Å². The van der Waals surface area contributed by atoms with Crippen LogP contribution in [0.4, 0.5) is 18.9 Å². The van der Waals surface area contributed by atoms with Gasteiger partial charge in [-0.25, -0.2) is 4.98 Å². The minimum Gasteiger partial charge on any atom is -0.381 e. The van der Waals surface area contributed by atoms with Crippen molar-refractivity contribution in [2.45, 2.75) is 19.1 Å². The Balaban J connectivity index is 1.59. The number of anilines is 1. The van der Waals surface area contributed by atoms with Crippen molar-refractivity contribution < 1.29 is 18.0 Å². The van der Waals surface area contributed by atoms with E-state index >= 15 is 0 Å². The summed E-state index contributed by atoms with van der Waals surface area (Å²) >= 11 is 1.44. The number of pyridine rings is 2. The molecular formula is C23H17F3N4OS. The van der Waals surface area contributed by atoms with Gasteiger partial charge < -0.3 is 10.6 Å². The Morgan fingerprint density at radius 3 is 2.84 bits per heavy atom. The zero-order valence-corrected chi connectivity index (χ0v) is 17.6. The van der Waals surface area contributed by atoms with Crippen LogP contribution in [0.3, 0.4) is 0 Å². The van der Waals surface area contributed by atoms with E-state index in [2.05, 4.69) is 15.6 Å². The summed E-state index contributed by atoms with van der Waals surface area (Å²) in [6.45, 7) is 2.57. The number of aromatic nitrogens is 2. The van der Waals surface area contributed by atoms with Crippen LogP contribution < -0.4 is 10.6 Å². The molecule has 0 bridgehead atoms. The number of nitrogens with one attached hydrogen (secondary N) is 2. The zero-order valence-electron chi connectivity index (χ0n) is 16.8. The molecule has 1 amide bonds. The lowest BCUT2D eigenvalue weighted by Gasteiger charge is -2.10. The SMILES string of the molecule is CC1CNc2c(sc3ccc4nc(-c5ccnc(C=CC(F)(F)F)c5)ccc4c23)C(=O)N1. The molecule has 5 rings (SSSR count). The number of rotatable bonds is 2. The van der Waals surface area contributed by atoms with Crippen LogP contribution >= 0.6 is 11.3 Å². The van der Waals surface area contributed by atoms with Gasteiger partial charge in [-0.3, -0.25) is 9.78 Å². The van der Waals surface area contributed by atoms with Gasteiger partial charge in [-0.1, -0.05) is 0 Å². The number of alkyl halides is 3. The second kappa shape index (κ2) is 7.59. The smallest absolute Gasteiger partial charge is 0.381 e. The summed E-state index contributed by atoms with van der Waals surface area (Å²) in [5.41, 5.74) is 3.04. The number of benzene rings is 1. The predicted molar refractivity (Wildman–Crippen MR) is 121 cm³/mol. The summed E-state index contributed by atoms with van der Waals surface area (Å²) in [6.07, 6.45) is -1.84. The third-order valence-corrected chi connectivity index (χ3v) is 6.36. The minimum atomic E-state index is -4.40. The van der Waals surface area contributed by atoms with Crippen molar-refractivity contribution in [2.75, 3.05) is 11.9 Å². The first-order valence-corrected chi connectivity index (χ1v) is 10.7. The number of allylic oxidation sites excluding steroid dienone is 1. The third-order valence-electron chi connectivity index (χ3n) is 5.21. The Bertz CT molecular complexity index is 1390. The molecule has 2 N–H and O–H groups in total. The first-order valence-electron chi connectivity index (χ1n) is 9.92.